The van der Waals surface area contributed by atoms with E-state index in [1.165, 1.54) is 38.5 Å². The van der Waals surface area contributed by atoms with Gasteiger partial charge in [-0.2, -0.15) is 0 Å². The Kier molecular flexibility index (Phi) is 14.3. The van der Waals surface area contributed by atoms with E-state index < -0.39 is 36.0 Å². The molecule has 0 aliphatic heterocycles. The maximum atomic E-state index is 4.93. The van der Waals surface area contributed by atoms with Gasteiger partial charge in [-0.1, -0.05) is 103 Å². The van der Waals surface area contributed by atoms with Crippen molar-refractivity contribution in [2.24, 2.45) is 35.5 Å². The number of fused-ring (bicyclic) bond motifs is 3. The molecule has 8 atom stereocenters. The van der Waals surface area contributed by atoms with Crippen LogP contribution in [-0.4, -0.2) is 15.2 Å². The third kappa shape index (κ3) is 6.87. The summed E-state index contributed by atoms with van der Waals surface area (Å²) in [5, 5.41) is 0. The monoisotopic (exact) mass is 618 g/mol. The second-order valence-electron chi connectivity index (χ2n) is 12.7. The maximum absolute atomic E-state index is 4.93. The van der Waals surface area contributed by atoms with Gasteiger partial charge in [-0.05, 0) is 65.9 Å². The molecule has 4 rings (SSSR count). The molecule has 0 aromatic carbocycles. The molecule has 196 valence electrons. The van der Waals surface area contributed by atoms with Crippen LogP contribution in [0.2, 0.25) is 37.3 Å². The van der Waals surface area contributed by atoms with Gasteiger partial charge in [0, 0.05) is 15.2 Å². The quantitative estimate of drug-likeness (QED) is 0.205. The van der Waals surface area contributed by atoms with Crippen molar-refractivity contribution in [2.45, 2.75) is 109 Å². The fourth-order valence-corrected chi connectivity index (χ4v) is 23.5. The number of hydrogen-bond acceptors (Lipinski definition) is 0. The molecule has 0 aromatic rings. The number of allylic oxidation sites excluding steroid dienone is 4. The number of rotatable bonds is 6. The van der Waals surface area contributed by atoms with Crippen LogP contribution in [0.25, 0.3) is 0 Å². The Balaban J connectivity index is 0.00000110. The van der Waals surface area contributed by atoms with Crippen LogP contribution in [0.15, 0.2) is 24.3 Å². The predicted octanol–water partition coefficient (Wildman–Crippen LogP) is 10.9. The van der Waals surface area contributed by atoms with Crippen LogP contribution in [0, 0.1) is 50.4 Å². The van der Waals surface area contributed by atoms with Crippen molar-refractivity contribution in [2.75, 3.05) is 0 Å². The van der Waals surface area contributed by atoms with Gasteiger partial charge in [0.15, 0.2) is 0 Å². The summed E-state index contributed by atoms with van der Waals surface area (Å²) in [7, 11) is 7.41. The van der Waals surface area contributed by atoms with Crippen molar-refractivity contribution in [1.82, 2.24) is 0 Å². The summed E-state index contributed by atoms with van der Waals surface area (Å²) in [4.78, 5) is 0. The Morgan fingerprint density at radius 3 is 2.15 bits per heavy atom. The molecular formula is C29H54Cl2Si2Zr. The Hall–Kier alpha value is 1.38. The standard InChI is InChI=1S/C27H48Si2.2CH3.2ClH.Zr/c1-7-8-11-21-14-16-23(19-21)28(3,4)29(5,6)27-20(2)18-26-24-13-10-9-12-22(24)15-17-25(26)27;;;;;/h9-10,12-13,20-27H,7-8,11,14-19H2,1-6H3;2*1H3;2*1H;/q;2*-1;;;+4/p-2. The van der Waals surface area contributed by atoms with Gasteiger partial charge in [0.1, 0.15) is 0 Å². The van der Waals surface area contributed by atoms with Crippen molar-refractivity contribution in [3.05, 3.63) is 39.2 Å². The molecule has 8 unspecified atom stereocenters. The van der Waals surface area contributed by atoms with Crippen molar-refractivity contribution in [1.29, 1.82) is 0 Å². The summed E-state index contributed by atoms with van der Waals surface area (Å²) in [6.07, 6.45) is 23.4. The van der Waals surface area contributed by atoms with Crippen LogP contribution in [-0.2, 0) is 20.8 Å². The predicted molar refractivity (Wildman–Crippen MR) is 159 cm³/mol. The first-order valence-electron chi connectivity index (χ1n) is 13.5. The fourth-order valence-electron chi connectivity index (χ4n) is 8.77. The van der Waals surface area contributed by atoms with Gasteiger partial charge in [0.2, 0.25) is 0 Å². The Bertz CT molecular complexity index is 663. The van der Waals surface area contributed by atoms with Gasteiger partial charge < -0.3 is 14.9 Å². The van der Waals surface area contributed by atoms with E-state index in [1.807, 2.05) is 0 Å². The molecule has 0 radical (unpaired) electrons. The van der Waals surface area contributed by atoms with E-state index in [9.17, 15) is 0 Å². The molecule has 0 N–H and O–H groups in total. The minimum atomic E-state index is -1.25. The minimum absolute atomic E-state index is 0. The molecule has 4 aliphatic carbocycles. The Morgan fingerprint density at radius 1 is 0.853 bits per heavy atom. The average Bonchev–Trinajstić information content (AvgIpc) is 3.37. The molecule has 5 heteroatoms. The molecule has 0 bridgehead atoms. The van der Waals surface area contributed by atoms with Crippen LogP contribution in [0.3, 0.4) is 0 Å². The van der Waals surface area contributed by atoms with Crippen molar-refractivity contribution in [3.8, 4) is 0 Å². The van der Waals surface area contributed by atoms with Gasteiger partial charge in [-0.15, -0.1) is 0 Å². The first kappa shape index (κ1) is 33.4. The molecule has 0 nitrogen and oxygen atoms in total. The SMILES string of the molecule is CCCCC1CCC([Si](C)(C)[Si](C)(C)C2C(C)CC3C4C=CC=CC4CCC32)C1.[CH3-].[CH3-].[Cl][Zr+2][Cl]. The summed E-state index contributed by atoms with van der Waals surface area (Å²) in [6.45, 7) is 16.5. The van der Waals surface area contributed by atoms with Crippen LogP contribution in [0.4, 0.5) is 0 Å². The second-order valence-corrected chi connectivity index (χ2v) is 32.5. The summed E-state index contributed by atoms with van der Waals surface area (Å²) in [5.74, 6) is 5.82. The molecule has 0 spiro atoms. The third-order valence-corrected chi connectivity index (χ3v) is 31.7. The summed E-state index contributed by atoms with van der Waals surface area (Å²) >= 11 is -0.826. The van der Waals surface area contributed by atoms with Gasteiger partial charge >= 0.3 is 37.9 Å². The molecule has 0 heterocycles. The Morgan fingerprint density at radius 2 is 1.50 bits per heavy atom. The van der Waals surface area contributed by atoms with Gasteiger partial charge in [-0.25, -0.2) is 0 Å². The van der Waals surface area contributed by atoms with E-state index in [0.717, 1.165) is 46.6 Å². The first-order chi connectivity index (χ1) is 15.2. The first-order valence-corrected chi connectivity index (χ1v) is 27.0. The van der Waals surface area contributed by atoms with E-state index in [1.54, 1.807) is 19.3 Å². The van der Waals surface area contributed by atoms with E-state index in [-0.39, 0.29) is 14.9 Å². The molecular weight excluding hydrogens is 567 g/mol. The molecule has 0 amide bonds. The van der Waals surface area contributed by atoms with Gasteiger partial charge in [0.05, 0.1) is 0 Å². The summed E-state index contributed by atoms with van der Waals surface area (Å²) < 4.78 is 0. The van der Waals surface area contributed by atoms with Crippen LogP contribution < -0.4 is 0 Å². The summed E-state index contributed by atoms with van der Waals surface area (Å²) in [5.41, 5.74) is 2.23. The van der Waals surface area contributed by atoms with Crippen molar-refractivity contribution < 1.29 is 20.8 Å². The van der Waals surface area contributed by atoms with Gasteiger partial charge in [0.25, 0.3) is 0 Å². The molecule has 0 saturated heterocycles. The third-order valence-electron chi connectivity index (χ3n) is 10.9. The zero-order valence-electron chi connectivity index (χ0n) is 23.5. The zero-order chi connectivity index (χ0) is 23.5. The van der Waals surface area contributed by atoms with E-state index in [4.69, 9.17) is 17.0 Å². The molecule has 34 heavy (non-hydrogen) atoms. The normalized spacial score (nSPS) is 36.2. The molecule has 0 aromatic heterocycles. The van der Waals surface area contributed by atoms with E-state index in [0.29, 0.717) is 0 Å². The van der Waals surface area contributed by atoms with Crippen molar-refractivity contribution >= 4 is 32.2 Å². The van der Waals surface area contributed by atoms with Crippen LogP contribution >= 0.6 is 17.0 Å². The Labute approximate surface area is 235 Å². The zero-order valence-corrected chi connectivity index (χ0v) is 29.5. The van der Waals surface area contributed by atoms with Gasteiger partial charge in [-0.3, -0.25) is 0 Å². The molecule has 3 saturated carbocycles. The number of halogens is 2. The number of hydrogen-bond donors (Lipinski definition) is 0. The van der Waals surface area contributed by atoms with Crippen LogP contribution in [0.5, 0.6) is 0 Å². The fraction of sp³-hybridized carbons (Fsp3) is 0.793. The van der Waals surface area contributed by atoms with Crippen LogP contribution in [0.1, 0.15) is 71.6 Å². The average molecular weight is 621 g/mol. The number of unbranched alkanes of at least 4 members (excludes halogenated alkanes) is 1. The molecule has 4 aliphatic rings. The van der Waals surface area contributed by atoms with E-state index >= 15 is 0 Å². The topological polar surface area (TPSA) is 0 Å². The van der Waals surface area contributed by atoms with Crippen molar-refractivity contribution in [3.63, 3.8) is 0 Å². The molecule has 3 fully saturated rings. The summed E-state index contributed by atoms with van der Waals surface area (Å²) in [6, 6.07) is 0. The second kappa shape index (κ2) is 14.5. The van der Waals surface area contributed by atoms with E-state index in [2.05, 4.69) is 64.3 Å².